The van der Waals surface area contributed by atoms with E-state index >= 15 is 0 Å². The molecule has 1 fully saturated rings. The molecule has 1 aliphatic rings. The van der Waals surface area contributed by atoms with Crippen molar-refractivity contribution in [3.8, 4) is 5.75 Å². The van der Waals surface area contributed by atoms with Crippen molar-refractivity contribution in [3.63, 3.8) is 0 Å². The Morgan fingerprint density at radius 1 is 1.30 bits per heavy atom. The van der Waals surface area contributed by atoms with Crippen molar-refractivity contribution in [1.82, 2.24) is 10.2 Å². The summed E-state index contributed by atoms with van der Waals surface area (Å²) in [7, 11) is 0. The van der Waals surface area contributed by atoms with Crippen LogP contribution in [-0.4, -0.2) is 43.6 Å². The Labute approximate surface area is 124 Å². The van der Waals surface area contributed by atoms with E-state index in [1.165, 1.54) is 6.07 Å². The van der Waals surface area contributed by atoms with E-state index in [9.17, 15) is 9.18 Å². The quantitative estimate of drug-likeness (QED) is 0.844. The van der Waals surface area contributed by atoms with Gasteiger partial charge < -0.3 is 15.0 Å². The van der Waals surface area contributed by atoms with Crippen LogP contribution < -0.4 is 10.1 Å². The minimum atomic E-state index is -0.365. The molecular formula is C14H20ClFN2O2. The van der Waals surface area contributed by atoms with E-state index < -0.39 is 0 Å². The highest BCUT2D eigenvalue weighted by atomic mass is 35.5. The molecule has 0 unspecified atom stereocenters. The first kappa shape index (κ1) is 16.7. The Hall–Kier alpha value is -1.33. The van der Waals surface area contributed by atoms with Crippen molar-refractivity contribution in [2.75, 3.05) is 32.8 Å². The van der Waals surface area contributed by atoms with Gasteiger partial charge in [-0.2, -0.15) is 0 Å². The van der Waals surface area contributed by atoms with E-state index in [0.717, 1.165) is 26.2 Å². The molecular weight excluding hydrogens is 283 g/mol. The van der Waals surface area contributed by atoms with E-state index in [4.69, 9.17) is 4.74 Å². The topological polar surface area (TPSA) is 41.6 Å². The summed E-state index contributed by atoms with van der Waals surface area (Å²) in [4.78, 5) is 13.7. The summed E-state index contributed by atoms with van der Waals surface area (Å²) in [5, 5.41) is 3.20. The fourth-order valence-corrected chi connectivity index (χ4v) is 2.04. The molecule has 112 valence electrons. The number of benzene rings is 1. The van der Waals surface area contributed by atoms with Crippen LogP contribution in [0.15, 0.2) is 24.3 Å². The number of para-hydroxylation sites is 1. The summed E-state index contributed by atoms with van der Waals surface area (Å²) in [6.07, 6.45) is 1.06. The lowest BCUT2D eigenvalue weighted by atomic mass is 10.2. The van der Waals surface area contributed by atoms with E-state index in [1.807, 2.05) is 4.90 Å². The average Bonchev–Trinajstić information content (AvgIpc) is 2.46. The molecule has 0 saturated carbocycles. The zero-order chi connectivity index (χ0) is 13.5. The standard InChI is InChI=1S/C14H19FN2O2.ClH/c15-12-4-1-2-5-13(12)19-11-3-6-14(18)17-9-7-16-8-10-17;/h1-2,4-5,16H,3,6-11H2;1H. The molecule has 1 heterocycles. The third-order valence-corrected chi connectivity index (χ3v) is 3.10. The maximum Gasteiger partial charge on any atom is 0.222 e. The minimum absolute atomic E-state index is 0. The normalized spacial score (nSPS) is 14.6. The van der Waals surface area contributed by atoms with Crippen LogP contribution in [0.3, 0.4) is 0 Å². The van der Waals surface area contributed by atoms with Crippen LogP contribution in [0, 0.1) is 5.82 Å². The van der Waals surface area contributed by atoms with Gasteiger partial charge in [0.2, 0.25) is 5.91 Å². The van der Waals surface area contributed by atoms with Gasteiger partial charge in [-0.05, 0) is 18.6 Å². The van der Waals surface area contributed by atoms with Crippen molar-refractivity contribution >= 4 is 18.3 Å². The van der Waals surface area contributed by atoms with Crippen LogP contribution >= 0.6 is 12.4 Å². The molecule has 1 aromatic carbocycles. The van der Waals surface area contributed by atoms with Gasteiger partial charge in [0, 0.05) is 32.6 Å². The third-order valence-electron chi connectivity index (χ3n) is 3.10. The minimum Gasteiger partial charge on any atom is -0.491 e. The summed E-state index contributed by atoms with van der Waals surface area (Å²) in [5.74, 6) is 0.0340. The van der Waals surface area contributed by atoms with E-state index in [2.05, 4.69) is 5.32 Å². The summed E-state index contributed by atoms with van der Waals surface area (Å²) >= 11 is 0. The van der Waals surface area contributed by atoms with Gasteiger partial charge in [0.15, 0.2) is 11.6 Å². The Morgan fingerprint density at radius 3 is 2.70 bits per heavy atom. The van der Waals surface area contributed by atoms with Crippen molar-refractivity contribution < 1.29 is 13.9 Å². The Bertz CT molecular complexity index is 425. The van der Waals surface area contributed by atoms with Crippen LogP contribution in [0.1, 0.15) is 12.8 Å². The molecule has 0 spiro atoms. The van der Waals surface area contributed by atoms with Gasteiger partial charge in [0.25, 0.3) is 0 Å². The molecule has 0 atom stereocenters. The second kappa shape index (κ2) is 8.76. The summed E-state index contributed by atoms with van der Waals surface area (Å²) in [6.45, 7) is 3.62. The maximum absolute atomic E-state index is 13.3. The molecule has 4 nitrogen and oxygen atoms in total. The predicted octanol–water partition coefficient (Wildman–Crippen LogP) is 1.84. The number of piperazine rings is 1. The van der Waals surface area contributed by atoms with E-state index in [-0.39, 0.29) is 29.9 Å². The first-order valence-corrected chi connectivity index (χ1v) is 6.63. The van der Waals surface area contributed by atoms with Gasteiger partial charge in [0.05, 0.1) is 6.61 Å². The van der Waals surface area contributed by atoms with Crippen LogP contribution in [0.25, 0.3) is 0 Å². The number of halogens is 2. The lowest BCUT2D eigenvalue weighted by Gasteiger charge is -2.27. The van der Waals surface area contributed by atoms with Gasteiger partial charge in [-0.1, -0.05) is 12.1 Å². The number of carbonyl (C=O) groups is 1. The fourth-order valence-electron chi connectivity index (χ4n) is 2.04. The van der Waals surface area contributed by atoms with Crippen molar-refractivity contribution in [1.29, 1.82) is 0 Å². The first-order chi connectivity index (χ1) is 9.27. The largest absolute Gasteiger partial charge is 0.491 e. The van der Waals surface area contributed by atoms with Crippen molar-refractivity contribution in [2.24, 2.45) is 0 Å². The predicted molar refractivity (Wildman–Crippen MR) is 77.8 cm³/mol. The Kier molecular flexibility index (Phi) is 7.33. The van der Waals surface area contributed by atoms with Gasteiger partial charge in [-0.15, -0.1) is 12.4 Å². The molecule has 1 amide bonds. The lowest BCUT2D eigenvalue weighted by Crippen LogP contribution is -2.46. The number of hydrogen-bond acceptors (Lipinski definition) is 3. The average molecular weight is 303 g/mol. The van der Waals surface area contributed by atoms with Crippen LogP contribution in [0.4, 0.5) is 4.39 Å². The lowest BCUT2D eigenvalue weighted by molar-refractivity contribution is -0.132. The van der Waals surface area contributed by atoms with E-state index in [1.54, 1.807) is 18.2 Å². The smallest absolute Gasteiger partial charge is 0.222 e. The molecule has 0 radical (unpaired) electrons. The van der Waals surface area contributed by atoms with Gasteiger partial charge in [-0.25, -0.2) is 4.39 Å². The fraction of sp³-hybridized carbons (Fsp3) is 0.500. The molecule has 0 aromatic heterocycles. The van der Waals surface area contributed by atoms with Crippen molar-refractivity contribution in [2.45, 2.75) is 12.8 Å². The second-order valence-electron chi connectivity index (χ2n) is 4.51. The van der Waals surface area contributed by atoms with Gasteiger partial charge in [-0.3, -0.25) is 4.79 Å². The Balaban J connectivity index is 0.00000200. The highest BCUT2D eigenvalue weighted by Crippen LogP contribution is 2.15. The molecule has 6 heteroatoms. The summed E-state index contributed by atoms with van der Waals surface area (Å²) < 4.78 is 18.6. The number of hydrogen-bond donors (Lipinski definition) is 1. The number of nitrogens with zero attached hydrogens (tertiary/aromatic N) is 1. The second-order valence-corrected chi connectivity index (χ2v) is 4.51. The molecule has 1 aromatic rings. The molecule has 2 rings (SSSR count). The highest BCUT2D eigenvalue weighted by molar-refractivity contribution is 5.85. The zero-order valence-electron chi connectivity index (χ0n) is 11.3. The summed E-state index contributed by atoms with van der Waals surface area (Å²) in [6, 6.07) is 6.30. The van der Waals surface area contributed by atoms with Gasteiger partial charge in [0.1, 0.15) is 0 Å². The van der Waals surface area contributed by atoms with Crippen LogP contribution in [0.5, 0.6) is 5.75 Å². The van der Waals surface area contributed by atoms with E-state index in [0.29, 0.717) is 19.4 Å². The molecule has 0 aliphatic carbocycles. The molecule has 1 N–H and O–H groups in total. The van der Waals surface area contributed by atoms with Crippen LogP contribution in [0.2, 0.25) is 0 Å². The number of ether oxygens (including phenoxy) is 1. The highest BCUT2D eigenvalue weighted by Gasteiger charge is 2.15. The molecule has 1 aliphatic heterocycles. The van der Waals surface area contributed by atoms with Crippen LogP contribution in [-0.2, 0) is 4.79 Å². The monoisotopic (exact) mass is 302 g/mol. The van der Waals surface area contributed by atoms with Gasteiger partial charge >= 0.3 is 0 Å². The number of carbonyl (C=O) groups excluding carboxylic acids is 1. The maximum atomic E-state index is 13.3. The SMILES string of the molecule is Cl.O=C(CCCOc1ccccc1F)N1CCNCC1. The number of rotatable bonds is 5. The third kappa shape index (κ3) is 4.98. The number of nitrogens with one attached hydrogen (secondary N) is 1. The first-order valence-electron chi connectivity index (χ1n) is 6.63. The zero-order valence-corrected chi connectivity index (χ0v) is 12.1. The molecule has 20 heavy (non-hydrogen) atoms. The van der Waals surface area contributed by atoms with Crippen molar-refractivity contribution in [3.05, 3.63) is 30.1 Å². The molecule has 1 saturated heterocycles. The summed E-state index contributed by atoms with van der Waals surface area (Å²) in [5.41, 5.74) is 0. The molecule has 0 bridgehead atoms. The Morgan fingerprint density at radius 2 is 2.00 bits per heavy atom. The number of amides is 1.